The van der Waals surface area contributed by atoms with Crippen molar-refractivity contribution in [2.24, 2.45) is 5.92 Å². The second-order valence-electron chi connectivity index (χ2n) is 7.88. The van der Waals surface area contributed by atoms with Crippen molar-refractivity contribution in [2.75, 3.05) is 31.2 Å². The lowest BCUT2D eigenvalue weighted by atomic mass is 9.96. The molecule has 2 aliphatic heterocycles. The van der Waals surface area contributed by atoms with Crippen LogP contribution in [0.2, 0.25) is 0 Å². The molecule has 0 spiro atoms. The Bertz CT molecular complexity index is 1150. The Labute approximate surface area is 174 Å². The number of benzene rings is 1. The lowest BCUT2D eigenvalue weighted by molar-refractivity contribution is 0.119. The fourth-order valence-electron chi connectivity index (χ4n) is 4.12. The number of aromatic nitrogens is 3. The first kappa shape index (κ1) is 18.7. The molecule has 0 aliphatic carbocycles. The molecule has 2 atom stereocenters. The topological polar surface area (TPSA) is 78.2 Å². The highest BCUT2D eigenvalue weighted by Gasteiger charge is 2.29. The molecular weight excluding hydrogens is 384 g/mol. The van der Waals surface area contributed by atoms with Crippen molar-refractivity contribution in [3.63, 3.8) is 0 Å². The minimum Gasteiger partial charge on any atom is -0.490 e. The average Bonchev–Trinajstić information content (AvgIpc) is 2.75. The summed E-state index contributed by atoms with van der Waals surface area (Å²) in [6.07, 6.45) is 2.46. The van der Waals surface area contributed by atoms with E-state index in [0.717, 1.165) is 48.1 Å². The molecule has 1 saturated heterocycles. The lowest BCUT2D eigenvalue weighted by Gasteiger charge is -2.38. The summed E-state index contributed by atoms with van der Waals surface area (Å²) in [5.74, 6) is 3.40. The minimum absolute atomic E-state index is 0.0916. The maximum atomic E-state index is 12.1. The number of hydrogen-bond acceptors (Lipinski definition) is 7. The number of nitrogens with zero attached hydrogens (tertiary/aromatic N) is 4. The number of piperidine rings is 1. The summed E-state index contributed by atoms with van der Waals surface area (Å²) in [5, 5.41) is 4.59. The summed E-state index contributed by atoms with van der Waals surface area (Å²) < 4.78 is 18.9. The van der Waals surface area contributed by atoms with Crippen LogP contribution in [0.5, 0.6) is 17.2 Å². The minimum atomic E-state index is -0.175. The molecule has 0 saturated carbocycles. The summed E-state index contributed by atoms with van der Waals surface area (Å²) in [5.41, 5.74) is 1.39. The highest BCUT2D eigenvalue weighted by molar-refractivity contribution is 5.52. The average molecular weight is 408 g/mol. The van der Waals surface area contributed by atoms with Crippen LogP contribution in [0.25, 0.3) is 5.65 Å². The predicted molar refractivity (Wildman–Crippen MR) is 112 cm³/mol. The molecule has 0 amide bonds. The van der Waals surface area contributed by atoms with Gasteiger partial charge >= 0.3 is 0 Å². The summed E-state index contributed by atoms with van der Waals surface area (Å²) in [4.78, 5) is 18.6. The van der Waals surface area contributed by atoms with E-state index < -0.39 is 0 Å². The van der Waals surface area contributed by atoms with Gasteiger partial charge in [0.25, 0.3) is 5.56 Å². The molecule has 3 aromatic rings. The first-order valence-electron chi connectivity index (χ1n) is 10.3. The maximum Gasteiger partial charge on any atom is 0.274 e. The van der Waals surface area contributed by atoms with Gasteiger partial charge in [0.05, 0.1) is 0 Å². The molecule has 30 heavy (non-hydrogen) atoms. The van der Waals surface area contributed by atoms with E-state index in [1.807, 2.05) is 31.2 Å². The van der Waals surface area contributed by atoms with Crippen LogP contribution in [0.4, 0.5) is 5.82 Å². The SMILES string of the molecule is Cc1cc2nccc(=O)n2nc1N1CC[C@H](Oc2ccc3c(c2)OCCO3)[C@H](C)C1. The molecule has 4 heterocycles. The van der Waals surface area contributed by atoms with Gasteiger partial charge in [0, 0.05) is 43.8 Å². The molecule has 1 fully saturated rings. The van der Waals surface area contributed by atoms with Crippen LogP contribution in [-0.4, -0.2) is 47.0 Å². The highest BCUT2D eigenvalue weighted by Crippen LogP contribution is 2.35. The van der Waals surface area contributed by atoms with E-state index in [1.54, 1.807) is 0 Å². The van der Waals surface area contributed by atoms with Crippen LogP contribution < -0.4 is 24.7 Å². The Morgan fingerprint density at radius 3 is 2.80 bits per heavy atom. The van der Waals surface area contributed by atoms with E-state index in [4.69, 9.17) is 14.2 Å². The highest BCUT2D eigenvalue weighted by atomic mass is 16.6. The predicted octanol–water partition coefficient (Wildman–Crippen LogP) is 2.46. The van der Waals surface area contributed by atoms with Gasteiger partial charge in [-0.25, -0.2) is 4.98 Å². The van der Waals surface area contributed by atoms with Crippen molar-refractivity contribution in [3.8, 4) is 17.2 Å². The molecule has 0 bridgehead atoms. The number of hydrogen-bond donors (Lipinski definition) is 0. The third kappa shape index (κ3) is 3.42. The van der Waals surface area contributed by atoms with Gasteiger partial charge in [0.2, 0.25) is 0 Å². The molecule has 0 unspecified atom stereocenters. The standard InChI is InChI=1S/C22H24N4O4/c1-14-11-20-23-7-5-21(27)26(20)24-22(14)25-8-6-17(15(2)13-25)30-16-3-4-18-19(12-16)29-10-9-28-18/h3-5,7,11-12,15,17H,6,8-10,13H2,1-2H3/t15-,17+/m1/s1. The fraction of sp³-hybridized carbons (Fsp3) is 0.409. The zero-order valence-electron chi connectivity index (χ0n) is 17.1. The van der Waals surface area contributed by atoms with E-state index >= 15 is 0 Å². The number of rotatable bonds is 3. The Hall–Kier alpha value is -3.29. The normalized spacial score (nSPS) is 20.9. The van der Waals surface area contributed by atoms with E-state index in [0.29, 0.717) is 18.9 Å². The Kier molecular flexibility index (Phi) is 4.69. The van der Waals surface area contributed by atoms with Crippen molar-refractivity contribution in [2.45, 2.75) is 26.4 Å². The lowest BCUT2D eigenvalue weighted by Crippen LogP contribution is -2.45. The first-order chi connectivity index (χ1) is 14.6. The van der Waals surface area contributed by atoms with Crippen LogP contribution in [-0.2, 0) is 0 Å². The van der Waals surface area contributed by atoms with Crippen LogP contribution in [0.15, 0.2) is 41.3 Å². The van der Waals surface area contributed by atoms with Crippen LogP contribution in [0, 0.1) is 12.8 Å². The molecule has 2 aliphatic rings. The van der Waals surface area contributed by atoms with Crippen molar-refractivity contribution in [3.05, 3.63) is 52.4 Å². The number of ether oxygens (including phenoxy) is 3. The Morgan fingerprint density at radius 1 is 1.13 bits per heavy atom. The number of fused-ring (bicyclic) bond motifs is 2. The van der Waals surface area contributed by atoms with Crippen molar-refractivity contribution < 1.29 is 14.2 Å². The fourth-order valence-corrected chi connectivity index (χ4v) is 4.12. The number of aryl methyl sites for hydroxylation is 1. The summed E-state index contributed by atoms with van der Waals surface area (Å²) in [7, 11) is 0. The molecular formula is C22H24N4O4. The van der Waals surface area contributed by atoms with Crippen LogP contribution >= 0.6 is 0 Å². The van der Waals surface area contributed by atoms with E-state index in [2.05, 4.69) is 21.9 Å². The zero-order chi connectivity index (χ0) is 20.7. The molecule has 0 N–H and O–H groups in total. The number of anilines is 1. The summed E-state index contributed by atoms with van der Waals surface area (Å²) in [6.45, 7) is 6.91. The molecule has 156 valence electrons. The smallest absolute Gasteiger partial charge is 0.274 e. The van der Waals surface area contributed by atoms with Crippen molar-refractivity contribution >= 4 is 11.5 Å². The van der Waals surface area contributed by atoms with E-state index in [9.17, 15) is 4.79 Å². The van der Waals surface area contributed by atoms with Gasteiger partial charge < -0.3 is 19.1 Å². The molecule has 0 radical (unpaired) electrons. The Morgan fingerprint density at radius 2 is 1.97 bits per heavy atom. The molecule has 1 aromatic carbocycles. The second kappa shape index (κ2) is 7.51. The van der Waals surface area contributed by atoms with Gasteiger partial charge in [-0.2, -0.15) is 4.52 Å². The van der Waals surface area contributed by atoms with Gasteiger partial charge in [-0.05, 0) is 30.7 Å². The third-order valence-corrected chi connectivity index (χ3v) is 5.67. The van der Waals surface area contributed by atoms with Crippen LogP contribution in [0.1, 0.15) is 18.9 Å². The molecule has 2 aromatic heterocycles. The summed E-state index contributed by atoms with van der Waals surface area (Å²) in [6, 6.07) is 9.07. The van der Waals surface area contributed by atoms with Crippen molar-refractivity contribution in [1.29, 1.82) is 0 Å². The monoisotopic (exact) mass is 408 g/mol. The van der Waals surface area contributed by atoms with Gasteiger partial charge in [-0.1, -0.05) is 6.92 Å². The van der Waals surface area contributed by atoms with Gasteiger partial charge in [0.1, 0.15) is 25.1 Å². The molecule has 8 heteroatoms. The van der Waals surface area contributed by atoms with Gasteiger partial charge in [-0.15, -0.1) is 5.10 Å². The first-order valence-corrected chi connectivity index (χ1v) is 10.3. The molecule has 5 rings (SSSR count). The van der Waals surface area contributed by atoms with Gasteiger partial charge in [0.15, 0.2) is 23.0 Å². The maximum absolute atomic E-state index is 12.1. The van der Waals surface area contributed by atoms with Crippen LogP contribution in [0.3, 0.4) is 0 Å². The largest absolute Gasteiger partial charge is 0.490 e. The third-order valence-electron chi connectivity index (χ3n) is 5.67. The van der Waals surface area contributed by atoms with Gasteiger partial charge in [-0.3, -0.25) is 4.79 Å². The molecule has 8 nitrogen and oxygen atoms in total. The van der Waals surface area contributed by atoms with E-state index in [-0.39, 0.29) is 17.6 Å². The van der Waals surface area contributed by atoms with E-state index in [1.165, 1.54) is 16.8 Å². The second-order valence-corrected chi connectivity index (χ2v) is 7.88. The van der Waals surface area contributed by atoms with Crippen molar-refractivity contribution in [1.82, 2.24) is 14.6 Å². The quantitative estimate of drug-likeness (QED) is 0.659. The zero-order valence-corrected chi connectivity index (χ0v) is 17.1. The Balaban J connectivity index is 1.32. The summed E-state index contributed by atoms with van der Waals surface area (Å²) >= 11 is 0.